The van der Waals surface area contributed by atoms with Gasteiger partial charge in [0.25, 0.3) is 0 Å². The number of nitrogens with two attached hydrogens (primary N) is 2. The number of rotatable bonds is 4. The Labute approximate surface area is 108 Å². The van der Waals surface area contributed by atoms with E-state index in [0.717, 1.165) is 10.0 Å². The second-order valence-electron chi connectivity index (χ2n) is 3.73. The van der Waals surface area contributed by atoms with Gasteiger partial charge in [0, 0.05) is 10.2 Å². The third-order valence-electron chi connectivity index (χ3n) is 2.22. The molecule has 6 heteroatoms. The highest BCUT2D eigenvalue weighted by atomic mass is 79.9. The minimum Gasteiger partial charge on any atom is -0.370 e. The van der Waals surface area contributed by atoms with Crippen molar-refractivity contribution in [2.75, 3.05) is 5.32 Å². The molecule has 0 fully saturated rings. The standard InChI is InChI=1S/C11H14BrN3O2/c1-6-2-3-7(12)4-9(6)15-11(17)8(13)5-10(14)16/h2-4,8H,5,13H2,1H3,(H2,14,16)(H,15,17). The molecule has 0 aromatic heterocycles. The summed E-state index contributed by atoms with van der Waals surface area (Å²) >= 11 is 3.31. The minimum absolute atomic E-state index is 0.168. The van der Waals surface area contributed by atoms with Gasteiger partial charge in [-0.3, -0.25) is 9.59 Å². The number of benzene rings is 1. The number of hydrogen-bond donors (Lipinski definition) is 3. The summed E-state index contributed by atoms with van der Waals surface area (Å²) in [6.07, 6.45) is -0.168. The molecule has 1 aromatic rings. The minimum atomic E-state index is -0.925. The van der Waals surface area contributed by atoms with Crippen molar-refractivity contribution in [3.05, 3.63) is 28.2 Å². The first-order chi connectivity index (χ1) is 7.90. The zero-order valence-corrected chi connectivity index (χ0v) is 11.0. The highest BCUT2D eigenvalue weighted by Crippen LogP contribution is 2.20. The Hall–Kier alpha value is -1.40. The number of carbonyl (C=O) groups is 2. The fourth-order valence-electron chi connectivity index (χ4n) is 1.26. The number of anilines is 1. The van der Waals surface area contributed by atoms with Crippen molar-refractivity contribution in [2.45, 2.75) is 19.4 Å². The maximum atomic E-state index is 11.7. The van der Waals surface area contributed by atoms with Gasteiger partial charge in [0.15, 0.2) is 0 Å². The molecule has 0 aliphatic carbocycles. The van der Waals surface area contributed by atoms with Gasteiger partial charge in [-0.15, -0.1) is 0 Å². The lowest BCUT2D eigenvalue weighted by Crippen LogP contribution is -2.39. The summed E-state index contributed by atoms with van der Waals surface area (Å²) in [6, 6.07) is 4.57. The summed E-state index contributed by atoms with van der Waals surface area (Å²) in [6.45, 7) is 1.86. The summed E-state index contributed by atoms with van der Waals surface area (Å²) in [5.41, 5.74) is 12.1. The van der Waals surface area contributed by atoms with Gasteiger partial charge >= 0.3 is 0 Å². The molecule has 0 saturated carbocycles. The van der Waals surface area contributed by atoms with Gasteiger partial charge in [0.2, 0.25) is 11.8 Å². The monoisotopic (exact) mass is 299 g/mol. The van der Waals surface area contributed by atoms with E-state index in [9.17, 15) is 9.59 Å². The Kier molecular flexibility index (Phi) is 4.65. The van der Waals surface area contributed by atoms with Crippen LogP contribution in [0.2, 0.25) is 0 Å². The molecule has 1 atom stereocenters. The van der Waals surface area contributed by atoms with E-state index in [-0.39, 0.29) is 6.42 Å². The van der Waals surface area contributed by atoms with Crippen LogP contribution in [0.3, 0.4) is 0 Å². The first kappa shape index (κ1) is 13.7. The summed E-state index contributed by atoms with van der Waals surface area (Å²) in [4.78, 5) is 22.3. The van der Waals surface area contributed by atoms with E-state index in [1.807, 2.05) is 19.1 Å². The Morgan fingerprint density at radius 2 is 2.12 bits per heavy atom. The van der Waals surface area contributed by atoms with Gasteiger partial charge in [0.05, 0.1) is 12.5 Å². The molecule has 1 rings (SSSR count). The van der Waals surface area contributed by atoms with Gasteiger partial charge in [-0.05, 0) is 24.6 Å². The zero-order chi connectivity index (χ0) is 13.0. The Bertz CT molecular complexity index is 448. The molecule has 0 aliphatic heterocycles. The first-order valence-corrected chi connectivity index (χ1v) is 5.80. The molecule has 0 aliphatic rings. The molecule has 0 radical (unpaired) electrons. The fourth-order valence-corrected chi connectivity index (χ4v) is 1.62. The molecular formula is C11H14BrN3O2. The van der Waals surface area contributed by atoms with Crippen LogP contribution in [0.25, 0.3) is 0 Å². The second-order valence-corrected chi connectivity index (χ2v) is 4.64. The van der Waals surface area contributed by atoms with Gasteiger partial charge in [-0.1, -0.05) is 22.0 Å². The topological polar surface area (TPSA) is 98.2 Å². The Morgan fingerprint density at radius 3 is 2.71 bits per heavy atom. The zero-order valence-electron chi connectivity index (χ0n) is 9.37. The third kappa shape index (κ3) is 4.16. The molecule has 1 aromatic carbocycles. The van der Waals surface area contributed by atoms with Crippen molar-refractivity contribution in [3.8, 4) is 0 Å². The van der Waals surface area contributed by atoms with E-state index in [1.54, 1.807) is 6.07 Å². The van der Waals surface area contributed by atoms with Crippen molar-refractivity contribution >= 4 is 33.4 Å². The largest absolute Gasteiger partial charge is 0.370 e. The third-order valence-corrected chi connectivity index (χ3v) is 2.71. The van der Waals surface area contributed by atoms with Crippen molar-refractivity contribution in [2.24, 2.45) is 11.5 Å². The predicted octanol–water partition coefficient (Wildman–Crippen LogP) is 0.899. The molecular weight excluding hydrogens is 286 g/mol. The molecule has 0 spiro atoms. The fraction of sp³-hybridized carbons (Fsp3) is 0.273. The molecule has 0 bridgehead atoms. The second kappa shape index (κ2) is 5.79. The lowest BCUT2D eigenvalue weighted by atomic mass is 10.1. The van der Waals surface area contributed by atoms with Crippen LogP contribution < -0.4 is 16.8 Å². The maximum Gasteiger partial charge on any atom is 0.241 e. The van der Waals surface area contributed by atoms with E-state index < -0.39 is 17.9 Å². The molecule has 92 valence electrons. The molecule has 0 saturated heterocycles. The van der Waals surface area contributed by atoms with Gasteiger partial charge in [-0.2, -0.15) is 0 Å². The molecule has 17 heavy (non-hydrogen) atoms. The maximum absolute atomic E-state index is 11.7. The smallest absolute Gasteiger partial charge is 0.241 e. The van der Waals surface area contributed by atoms with Crippen LogP contribution in [-0.4, -0.2) is 17.9 Å². The average Bonchev–Trinajstić information content (AvgIpc) is 2.22. The molecule has 1 unspecified atom stereocenters. The number of nitrogens with one attached hydrogen (secondary N) is 1. The van der Waals surface area contributed by atoms with E-state index in [4.69, 9.17) is 11.5 Å². The van der Waals surface area contributed by atoms with Crippen LogP contribution in [0.4, 0.5) is 5.69 Å². The highest BCUT2D eigenvalue weighted by molar-refractivity contribution is 9.10. The summed E-state index contributed by atoms with van der Waals surface area (Å²) in [5, 5.41) is 2.65. The first-order valence-electron chi connectivity index (χ1n) is 5.01. The highest BCUT2D eigenvalue weighted by Gasteiger charge is 2.16. The van der Waals surface area contributed by atoms with Gasteiger partial charge < -0.3 is 16.8 Å². The van der Waals surface area contributed by atoms with E-state index in [1.165, 1.54) is 0 Å². The lowest BCUT2D eigenvalue weighted by molar-refractivity contribution is -0.123. The Balaban J connectivity index is 2.73. The number of primary amides is 1. The van der Waals surface area contributed by atoms with Crippen LogP contribution in [0.1, 0.15) is 12.0 Å². The van der Waals surface area contributed by atoms with Crippen molar-refractivity contribution in [3.63, 3.8) is 0 Å². The van der Waals surface area contributed by atoms with E-state index >= 15 is 0 Å². The van der Waals surface area contributed by atoms with Crippen LogP contribution in [0.5, 0.6) is 0 Å². The van der Waals surface area contributed by atoms with Crippen LogP contribution >= 0.6 is 15.9 Å². The number of aryl methyl sites for hydroxylation is 1. The van der Waals surface area contributed by atoms with E-state index in [0.29, 0.717) is 5.69 Å². The van der Waals surface area contributed by atoms with Crippen LogP contribution in [0, 0.1) is 6.92 Å². The Morgan fingerprint density at radius 1 is 1.47 bits per heavy atom. The molecule has 5 nitrogen and oxygen atoms in total. The normalized spacial score (nSPS) is 11.9. The lowest BCUT2D eigenvalue weighted by Gasteiger charge is -2.12. The quantitative estimate of drug-likeness (QED) is 0.770. The van der Waals surface area contributed by atoms with Crippen LogP contribution in [-0.2, 0) is 9.59 Å². The SMILES string of the molecule is Cc1ccc(Br)cc1NC(=O)C(N)CC(N)=O. The predicted molar refractivity (Wildman–Crippen MR) is 69.3 cm³/mol. The summed E-state index contributed by atoms with van der Waals surface area (Å²) in [5.74, 6) is -1.02. The molecule has 2 amide bonds. The van der Waals surface area contributed by atoms with E-state index in [2.05, 4.69) is 21.2 Å². The van der Waals surface area contributed by atoms with Gasteiger partial charge in [0.1, 0.15) is 0 Å². The molecule has 5 N–H and O–H groups in total. The van der Waals surface area contributed by atoms with Crippen molar-refractivity contribution < 1.29 is 9.59 Å². The average molecular weight is 300 g/mol. The van der Waals surface area contributed by atoms with Crippen molar-refractivity contribution in [1.82, 2.24) is 0 Å². The molecule has 0 heterocycles. The van der Waals surface area contributed by atoms with Crippen LogP contribution in [0.15, 0.2) is 22.7 Å². The number of halogens is 1. The van der Waals surface area contributed by atoms with Gasteiger partial charge in [-0.25, -0.2) is 0 Å². The number of hydrogen-bond acceptors (Lipinski definition) is 3. The summed E-state index contributed by atoms with van der Waals surface area (Å²) < 4.78 is 0.849. The number of carbonyl (C=O) groups excluding carboxylic acids is 2. The summed E-state index contributed by atoms with van der Waals surface area (Å²) in [7, 11) is 0. The van der Waals surface area contributed by atoms with Crippen molar-refractivity contribution in [1.29, 1.82) is 0 Å². The number of amides is 2.